The molecule has 122 valence electrons. The van der Waals surface area contributed by atoms with E-state index in [0.29, 0.717) is 0 Å². The summed E-state index contributed by atoms with van der Waals surface area (Å²) in [6.07, 6.45) is 12.3. The molecule has 0 aliphatic rings. The largest absolute Gasteiger partial charge is 0.390 e. The van der Waals surface area contributed by atoms with Crippen molar-refractivity contribution in [3.05, 3.63) is 0 Å². The standard InChI is InChI=1S/C21H32O/c1-4-5-6-7-8-9-10-11-12-13-14-15-16-17-18-19-20-21(2,3)22/h22H,4-8,15-20H2,1-3H3. The molecule has 0 aliphatic heterocycles. The first-order chi connectivity index (χ1) is 10.6. The van der Waals surface area contributed by atoms with Crippen LogP contribution >= 0.6 is 0 Å². The van der Waals surface area contributed by atoms with Crippen molar-refractivity contribution in [3.8, 4) is 35.5 Å². The highest BCUT2D eigenvalue weighted by Gasteiger charge is 2.10. The van der Waals surface area contributed by atoms with Crippen molar-refractivity contribution in [1.82, 2.24) is 0 Å². The summed E-state index contributed by atoms with van der Waals surface area (Å²) in [5, 5.41) is 9.58. The van der Waals surface area contributed by atoms with Crippen molar-refractivity contribution < 1.29 is 5.11 Å². The minimum atomic E-state index is -0.521. The Bertz CT molecular complexity index is 434. The van der Waals surface area contributed by atoms with Gasteiger partial charge in [0.15, 0.2) is 0 Å². The Morgan fingerprint density at radius 1 is 0.682 bits per heavy atom. The summed E-state index contributed by atoms with van der Waals surface area (Å²) in [5.74, 6) is 17.4. The normalized spacial score (nSPS) is 9.82. The van der Waals surface area contributed by atoms with Gasteiger partial charge in [-0.1, -0.05) is 57.3 Å². The Balaban J connectivity index is 3.50. The van der Waals surface area contributed by atoms with Gasteiger partial charge in [-0.05, 0) is 56.8 Å². The third-order valence-electron chi connectivity index (χ3n) is 3.36. The second-order valence-corrected chi connectivity index (χ2v) is 6.39. The summed E-state index contributed by atoms with van der Waals surface area (Å²) < 4.78 is 0. The lowest BCUT2D eigenvalue weighted by Crippen LogP contribution is -2.17. The first-order valence-electron chi connectivity index (χ1n) is 8.74. The van der Waals surface area contributed by atoms with E-state index in [1.54, 1.807) is 0 Å². The summed E-state index contributed by atoms with van der Waals surface area (Å²) in [5.41, 5.74) is -0.521. The summed E-state index contributed by atoms with van der Waals surface area (Å²) in [6, 6.07) is 0. The van der Waals surface area contributed by atoms with E-state index in [-0.39, 0.29) is 0 Å². The molecule has 0 heterocycles. The zero-order valence-electron chi connectivity index (χ0n) is 14.7. The predicted molar refractivity (Wildman–Crippen MR) is 96.1 cm³/mol. The number of hydrogen-bond acceptors (Lipinski definition) is 1. The van der Waals surface area contributed by atoms with Crippen LogP contribution < -0.4 is 0 Å². The van der Waals surface area contributed by atoms with Crippen LogP contribution in [0.25, 0.3) is 0 Å². The second kappa shape index (κ2) is 14.6. The van der Waals surface area contributed by atoms with Crippen molar-refractivity contribution in [2.45, 2.75) is 97.0 Å². The Morgan fingerprint density at radius 3 is 1.68 bits per heavy atom. The molecular formula is C21H32O. The highest BCUT2D eigenvalue weighted by Crippen LogP contribution is 2.14. The smallest absolute Gasteiger partial charge is 0.0591 e. The van der Waals surface area contributed by atoms with Crippen LogP contribution in [-0.2, 0) is 0 Å². The molecule has 0 saturated carbocycles. The summed E-state index contributed by atoms with van der Waals surface area (Å²) in [6.45, 7) is 5.95. The molecule has 0 unspecified atom stereocenters. The Morgan fingerprint density at radius 2 is 1.18 bits per heavy atom. The molecule has 0 atom stereocenters. The fourth-order valence-electron chi connectivity index (χ4n) is 2.04. The SMILES string of the molecule is CCCCCCC#CC#CC#CCCCCCCC(C)(C)O. The Labute approximate surface area is 138 Å². The highest BCUT2D eigenvalue weighted by atomic mass is 16.3. The maximum Gasteiger partial charge on any atom is 0.0591 e. The predicted octanol–water partition coefficient (Wildman–Crippen LogP) is 5.08. The molecule has 0 fully saturated rings. The number of hydrogen-bond donors (Lipinski definition) is 1. The van der Waals surface area contributed by atoms with Gasteiger partial charge in [0.25, 0.3) is 0 Å². The van der Waals surface area contributed by atoms with Crippen molar-refractivity contribution in [2.75, 3.05) is 0 Å². The third-order valence-corrected chi connectivity index (χ3v) is 3.36. The van der Waals surface area contributed by atoms with E-state index in [0.717, 1.165) is 32.1 Å². The lowest BCUT2D eigenvalue weighted by Gasteiger charge is -2.16. The van der Waals surface area contributed by atoms with E-state index in [9.17, 15) is 5.11 Å². The zero-order valence-corrected chi connectivity index (χ0v) is 14.7. The number of aliphatic hydroxyl groups is 1. The molecule has 0 aromatic heterocycles. The molecule has 0 aromatic carbocycles. The molecule has 0 bridgehead atoms. The number of unbranched alkanes of at least 4 members (excludes halogenated alkanes) is 8. The molecular weight excluding hydrogens is 268 g/mol. The summed E-state index contributed by atoms with van der Waals surface area (Å²) in [7, 11) is 0. The average molecular weight is 300 g/mol. The minimum absolute atomic E-state index is 0.521. The van der Waals surface area contributed by atoms with Crippen LogP contribution in [0.4, 0.5) is 0 Å². The molecule has 1 heteroatoms. The van der Waals surface area contributed by atoms with Gasteiger partial charge in [-0.3, -0.25) is 0 Å². The molecule has 0 saturated heterocycles. The van der Waals surface area contributed by atoms with E-state index < -0.39 is 5.60 Å². The second-order valence-electron chi connectivity index (χ2n) is 6.39. The van der Waals surface area contributed by atoms with Crippen molar-refractivity contribution >= 4 is 0 Å². The minimum Gasteiger partial charge on any atom is -0.390 e. The maximum atomic E-state index is 9.58. The summed E-state index contributed by atoms with van der Waals surface area (Å²) >= 11 is 0. The first-order valence-corrected chi connectivity index (χ1v) is 8.74. The van der Waals surface area contributed by atoms with Gasteiger partial charge < -0.3 is 5.11 Å². The van der Waals surface area contributed by atoms with Crippen LogP contribution in [0.2, 0.25) is 0 Å². The first kappa shape index (κ1) is 20.6. The molecule has 22 heavy (non-hydrogen) atoms. The van der Waals surface area contributed by atoms with E-state index >= 15 is 0 Å². The molecule has 0 spiro atoms. The van der Waals surface area contributed by atoms with Crippen LogP contribution in [0.3, 0.4) is 0 Å². The Kier molecular flexibility index (Phi) is 13.7. The van der Waals surface area contributed by atoms with Crippen molar-refractivity contribution in [3.63, 3.8) is 0 Å². The van der Waals surface area contributed by atoms with E-state index in [1.807, 2.05) is 13.8 Å². The number of rotatable bonds is 10. The van der Waals surface area contributed by atoms with E-state index in [1.165, 1.54) is 38.5 Å². The van der Waals surface area contributed by atoms with Gasteiger partial charge >= 0.3 is 0 Å². The molecule has 1 N–H and O–H groups in total. The molecule has 0 rings (SSSR count). The van der Waals surface area contributed by atoms with Crippen LogP contribution in [0.5, 0.6) is 0 Å². The van der Waals surface area contributed by atoms with E-state index in [4.69, 9.17) is 0 Å². The van der Waals surface area contributed by atoms with Crippen LogP contribution in [0.15, 0.2) is 0 Å². The van der Waals surface area contributed by atoms with Gasteiger partial charge in [0.05, 0.1) is 5.60 Å². The molecule has 0 aromatic rings. The van der Waals surface area contributed by atoms with Crippen LogP contribution in [0.1, 0.15) is 91.4 Å². The Hall–Kier alpha value is -1.36. The van der Waals surface area contributed by atoms with Crippen molar-refractivity contribution in [2.24, 2.45) is 0 Å². The van der Waals surface area contributed by atoms with Gasteiger partial charge in [0.2, 0.25) is 0 Å². The van der Waals surface area contributed by atoms with Gasteiger partial charge in [-0.25, -0.2) is 0 Å². The highest BCUT2D eigenvalue weighted by molar-refractivity contribution is 5.35. The van der Waals surface area contributed by atoms with Gasteiger partial charge in [-0.2, -0.15) is 0 Å². The van der Waals surface area contributed by atoms with Gasteiger partial charge in [0.1, 0.15) is 0 Å². The van der Waals surface area contributed by atoms with Crippen molar-refractivity contribution in [1.29, 1.82) is 0 Å². The molecule has 0 amide bonds. The summed E-state index contributed by atoms with van der Waals surface area (Å²) in [4.78, 5) is 0. The topological polar surface area (TPSA) is 20.2 Å². The van der Waals surface area contributed by atoms with E-state index in [2.05, 4.69) is 42.4 Å². The van der Waals surface area contributed by atoms with Crippen LogP contribution in [-0.4, -0.2) is 10.7 Å². The fourth-order valence-corrected chi connectivity index (χ4v) is 2.04. The van der Waals surface area contributed by atoms with Crippen LogP contribution in [0, 0.1) is 35.5 Å². The molecule has 0 aliphatic carbocycles. The lowest BCUT2D eigenvalue weighted by atomic mass is 10.00. The average Bonchev–Trinajstić information content (AvgIpc) is 2.45. The van der Waals surface area contributed by atoms with Gasteiger partial charge in [0, 0.05) is 12.8 Å². The lowest BCUT2D eigenvalue weighted by molar-refractivity contribution is 0.0680. The molecule has 0 radical (unpaired) electrons. The quantitative estimate of drug-likeness (QED) is 0.441. The fraction of sp³-hybridized carbons (Fsp3) is 0.714. The monoisotopic (exact) mass is 300 g/mol. The molecule has 1 nitrogen and oxygen atoms in total. The third kappa shape index (κ3) is 18.6. The van der Waals surface area contributed by atoms with Gasteiger partial charge in [-0.15, -0.1) is 0 Å². The zero-order chi connectivity index (χ0) is 16.5. The maximum absolute atomic E-state index is 9.58.